The number of methoxy groups -OCH3 is 2. The number of aromatic nitrogens is 1. The minimum Gasteiger partial charge on any atom is -0.493 e. The van der Waals surface area contributed by atoms with Gasteiger partial charge in [-0.25, -0.2) is 8.78 Å². The molecular weight excluding hydrogens is 346 g/mol. The van der Waals surface area contributed by atoms with E-state index in [0.717, 1.165) is 12.1 Å². The fraction of sp³-hybridized carbons (Fsp3) is 0.111. The quantitative estimate of drug-likeness (QED) is 0.754. The lowest BCUT2D eigenvalue weighted by molar-refractivity contribution is 0.0999. The number of hydrogen-bond donors (Lipinski definition) is 1. The van der Waals surface area contributed by atoms with E-state index in [4.69, 9.17) is 19.9 Å². The van der Waals surface area contributed by atoms with Gasteiger partial charge in [0.15, 0.2) is 28.9 Å². The molecule has 3 rings (SSSR count). The van der Waals surface area contributed by atoms with Crippen LogP contribution in [0, 0.1) is 11.6 Å². The minimum atomic E-state index is -1.05. The Kier molecular flexibility index (Phi) is 4.57. The van der Waals surface area contributed by atoms with E-state index in [-0.39, 0.29) is 11.3 Å². The van der Waals surface area contributed by atoms with Crippen molar-refractivity contribution in [2.24, 2.45) is 5.73 Å². The number of fused-ring (bicyclic) bond motifs is 1. The number of primary amides is 1. The summed E-state index contributed by atoms with van der Waals surface area (Å²) in [7, 11) is 2.94. The van der Waals surface area contributed by atoms with Crippen LogP contribution >= 0.6 is 0 Å². The number of benzene rings is 2. The third kappa shape index (κ3) is 3.08. The largest absolute Gasteiger partial charge is 0.493 e. The minimum absolute atomic E-state index is 0.153. The molecule has 134 valence electrons. The van der Waals surface area contributed by atoms with Gasteiger partial charge in [-0.05, 0) is 24.3 Å². The molecule has 0 saturated heterocycles. The smallest absolute Gasteiger partial charge is 0.248 e. The molecule has 1 aromatic heterocycles. The summed E-state index contributed by atoms with van der Waals surface area (Å²) < 4.78 is 44.2. The van der Waals surface area contributed by atoms with Crippen LogP contribution in [0.2, 0.25) is 0 Å². The maximum Gasteiger partial charge on any atom is 0.248 e. The van der Waals surface area contributed by atoms with E-state index in [1.807, 2.05) is 0 Å². The number of amides is 1. The fourth-order valence-corrected chi connectivity index (χ4v) is 2.45. The molecule has 2 aromatic carbocycles. The van der Waals surface area contributed by atoms with E-state index in [0.29, 0.717) is 22.4 Å². The summed E-state index contributed by atoms with van der Waals surface area (Å²) in [6.45, 7) is 0. The van der Waals surface area contributed by atoms with E-state index in [9.17, 15) is 13.6 Å². The van der Waals surface area contributed by atoms with E-state index in [1.54, 1.807) is 12.1 Å². The van der Waals surface area contributed by atoms with E-state index in [2.05, 4.69) is 4.98 Å². The van der Waals surface area contributed by atoms with Crippen molar-refractivity contribution in [3.8, 4) is 23.0 Å². The van der Waals surface area contributed by atoms with Gasteiger partial charge < -0.3 is 19.9 Å². The van der Waals surface area contributed by atoms with Crippen LogP contribution in [0.1, 0.15) is 10.4 Å². The van der Waals surface area contributed by atoms with Gasteiger partial charge in [0, 0.05) is 23.2 Å². The van der Waals surface area contributed by atoms with Crippen LogP contribution < -0.4 is 19.9 Å². The maximum absolute atomic E-state index is 14.2. The van der Waals surface area contributed by atoms with E-state index in [1.165, 1.54) is 26.5 Å². The Morgan fingerprint density at radius 3 is 2.19 bits per heavy atom. The first-order valence-electron chi connectivity index (χ1n) is 7.42. The highest BCUT2D eigenvalue weighted by molar-refractivity contribution is 5.93. The van der Waals surface area contributed by atoms with Crippen molar-refractivity contribution < 1.29 is 27.8 Å². The zero-order valence-electron chi connectivity index (χ0n) is 13.9. The van der Waals surface area contributed by atoms with Crippen LogP contribution in [-0.2, 0) is 0 Å². The van der Waals surface area contributed by atoms with Gasteiger partial charge in [-0.3, -0.25) is 9.78 Å². The SMILES string of the molecule is COc1cc2nccc(Oc3c(F)cc(C(N)=O)cc3F)c2cc1OC. The van der Waals surface area contributed by atoms with Crippen molar-refractivity contribution >= 4 is 16.8 Å². The lowest BCUT2D eigenvalue weighted by Gasteiger charge is -2.13. The summed E-state index contributed by atoms with van der Waals surface area (Å²) in [4.78, 5) is 15.3. The Hall–Kier alpha value is -3.42. The molecule has 0 unspecified atom stereocenters. The summed E-state index contributed by atoms with van der Waals surface area (Å²) in [5.74, 6) is -2.69. The monoisotopic (exact) mass is 360 g/mol. The fourth-order valence-electron chi connectivity index (χ4n) is 2.45. The summed E-state index contributed by atoms with van der Waals surface area (Å²) >= 11 is 0. The van der Waals surface area contributed by atoms with E-state index < -0.39 is 23.3 Å². The third-order valence-corrected chi connectivity index (χ3v) is 3.70. The number of carbonyl (C=O) groups excluding carboxylic acids is 1. The molecule has 8 heteroatoms. The number of rotatable bonds is 5. The first-order valence-corrected chi connectivity index (χ1v) is 7.42. The number of halogens is 2. The third-order valence-electron chi connectivity index (χ3n) is 3.70. The standard InChI is InChI=1S/C18H14F2N2O4/c1-24-15-7-10-13(8-16(15)25-2)22-4-3-14(10)26-17-11(19)5-9(18(21)23)6-12(17)20/h3-8H,1-2H3,(H2,21,23). The predicted octanol–water partition coefficient (Wildman–Crippen LogP) is 3.42. The molecule has 0 spiro atoms. The Morgan fingerprint density at radius 1 is 1.00 bits per heavy atom. The van der Waals surface area contributed by atoms with Crippen molar-refractivity contribution in [2.45, 2.75) is 0 Å². The van der Waals surface area contributed by atoms with Gasteiger partial charge in [0.2, 0.25) is 5.91 Å². The molecule has 0 saturated carbocycles. The van der Waals surface area contributed by atoms with Gasteiger partial charge in [-0.2, -0.15) is 0 Å². The zero-order chi connectivity index (χ0) is 18.8. The summed E-state index contributed by atoms with van der Waals surface area (Å²) in [5.41, 5.74) is 5.23. The van der Waals surface area contributed by atoms with Crippen molar-refractivity contribution in [3.05, 3.63) is 53.7 Å². The number of nitrogens with two attached hydrogens (primary N) is 1. The van der Waals surface area contributed by atoms with Gasteiger partial charge in [0.05, 0.1) is 19.7 Å². The molecule has 2 N–H and O–H groups in total. The Morgan fingerprint density at radius 2 is 1.62 bits per heavy atom. The summed E-state index contributed by atoms with van der Waals surface area (Å²) in [5, 5.41) is 0.461. The Bertz CT molecular complexity index is 985. The molecule has 0 fully saturated rings. The molecule has 0 atom stereocenters. The molecule has 0 radical (unpaired) electrons. The summed E-state index contributed by atoms with van der Waals surface area (Å²) in [6.07, 6.45) is 1.43. The lowest BCUT2D eigenvalue weighted by atomic mass is 10.1. The van der Waals surface area contributed by atoms with Crippen molar-refractivity contribution in [1.82, 2.24) is 4.98 Å². The average Bonchev–Trinajstić information content (AvgIpc) is 2.63. The molecule has 0 aliphatic carbocycles. The number of nitrogens with zero attached hydrogens (tertiary/aromatic N) is 1. The van der Waals surface area contributed by atoms with E-state index >= 15 is 0 Å². The zero-order valence-corrected chi connectivity index (χ0v) is 13.9. The van der Waals surface area contributed by atoms with Gasteiger partial charge in [0.1, 0.15) is 5.75 Å². The topological polar surface area (TPSA) is 83.7 Å². The first-order chi connectivity index (χ1) is 12.4. The average molecular weight is 360 g/mol. The predicted molar refractivity (Wildman–Crippen MR) is 89.8 cm³/mol. The van der Waals surface area contributed by atoms with Crippen molar-refractivity contribution in [3.63, 3.8) is 0 Å². The van der Waals surface area contributed by atoms with Crippen molar-refractivity contribution in [2.75, 3.05) is 14.2 Å². The van der Waals surface area contributed by atoms with Crippen LogP contribution in [0.15, 0.2) is 36.5 Å². The second-order valence-corrected chi connectivity index (χ2v) is 5.27. The number of carbonyl (C=O) groups is 1. The second kappa shape index (κ2) is 6.83. The van der Waals surface area contributed by atoms with Crippen LogP contribution in [0.3, 0.4) is 0 Å². The maximum atomic E-state index is 14.2. The molecule has 6 nitrogen and oxygen atoms in total. The highest BCUT2D eigenvalue weighted by Crippen LogP contribution is 2.38. The highest BCUT2D eigenvalue weighted by Gasteiger charge is 2.18. The molecule has 0 aliphatic heterocycles. The van der Waals surface area contributed by atoms with Crippen LogP contribution in [0.25, 0.3) is 10.9 Å². The lowest BCUT2D eigenvalue weighted by Crippen LogP contribution is -2.12. The van der Waals surface area contributed by atoms with Gasteiger partial charge in [0.25, 0.3) is 0 Å². The van der Waals surface area contributed by atoms with Crippen molar-refractivity contribution in [1.29, 1.82) is 0 Å². The van der Waals surface area contributed by atoms with Crippen LogP contribution in [0.5, 0.6) is 23.0 Å². The van der Waals surface area contributed by atoms with Gasteiger partial charge in [-0.1, -0.05) is 0 Å². The van der Waals surface area contributed by atoms with Gasteiger partial charge in [-0.15, -0.1) is 0 Å². The second-order valence-electron chi connectivity index (χ2n) is 5.27. The molecular formula is C18H14F2N2O4. The van der Waals surface area contributed by atoms with Crippen LogP contribution in [-0.4, -0.2) is 25.1 Å². The number of hydrogen-bond acceptors (Lipinski definition) is 5. The van der Waals surface area contributed by atoms with Crippen LogP contribution in [0.4, 0.5) is 8.78 Å². The molecule has 26 heavy (non-hydrogen) atoms. The Labute approximate surface area is 147 Å². The summed E-state index contributed by atoms with van der Waals surface area (Å²) in [6, 6.07) is 6.28. The Balaban J connectivity index is 2.11. The van der Waals surface area contributed by atoms with Gasteiger partial charge >= 0.3 is 0 Å². The number of pyridine rings is 1. The highest BCUT2D eigenvalue weighted by atomic mass is 19.1. The first kappa shape index (κ1) is 17.4. The normalized spacial score (nSPS) is 10.6. The molecule has 1 amide bonds. The molecule has 0 aliphatic rings. The molecule has 3 aromatic rings. The molecule has 0 bridgehead atoms. The molecule has 1 heterocycles. The number of ether oxygens (including phenoxy) is 3.